The van der Waals surface area contributed by atoms with Gasteiger partial charge in [0.2, 0.25) is 6.79 Å². The first-order valence-corrected chi connectivity index (χ1v) is 7.00. The van der Waals surface area contributed by atoms with E-state index in [9.17, 15) is 0 Å². The Hall–Kier alpha value is -1.58. The molecule has 5 heteroatoms. The van der Waals surface area contributed by atoms with Crippen LogP contribution in [0, 0.1) is 0 Å². The second-order valence-corrected chi connectivity index (χ2v) is 5.45. The third kappa shape index (κ3) is 2.65. The quantitative estimate of drug-likeness (QED) is 0.875. The summed E-state index contributed by atoms with van der Waals surface area (Å²) in [6.07, 6.45) is 0. The molecule has 1 atom stereocenters. The zero-order valence-corrected chi connectivity index (χ0v) is 12.3. The summed E-state index contributed by atoms with van der Waals surface area (Å²) in [7, 11) is 0. The number of hydrogen-bond donors (Lipinski definition) is 1. The smallest absolute Gasteiger partial charge is 0.231 e. The lowest BCUT2D eigenvalue weighted by Gasteiger charge is -2.17. The van der Waals surface area contributed by atoms with E-state index < -0.39 is 0 Å². The zero-order valence-electron chi connectivity index (χ0n) is 10.8. The van der Waals surface area contributed by atoms with Crippen molar-refractivity contribution in [3.8, 4) is 11.5 Å². The van der Waals surface area contributed by atoms with Gasteiger partial charge in [-0.1, -0.05) is 29.3 Å². The van der Waals surface area contributed by atoms with Gasteiger partial charge in [0.05, 0.1) is 10.7 Å². The standard InChI is InChI=1S/C15H13Cl2NO2/c1-9(18-13-4-3-11(16)7-12(13)17)10-2-5-14-15(6-10)20-8-19-14/h2-7,9,18H,8H2,1H3. The van der Waals surface area contributed by atoms with Gasteiger partial charge in [-0.3, -0.25) is 0 Å². The Morgan fingerprint density at radius 1 is 1.05 bits per heavy atom. The SMILES string of the molecule is CC(Nc1ccc(Cl)cc1Cl)c1ccc2c(c1)OCO2. The fraction of sp³-hybridized carbons (Fsp3) is 0.200. The van der Waals surface area contributed by atoms with Crippen LogP contribution < -0.4 is 14.8 Å². The van der Waals surface area contributed by atoms with Gasteiger partial charge in [-0.2, -0.15) is 0 Å². The lowest BCUT2D eigenvalue weighted by molar-refractivity contribution is 0.174. The molecule has 0 saturated heterocycles. The summed E-state index contributed by atoms with van der Waals surface area (Å²) in [4.78, 5) is 0. The molecule has 3 nitrogen and oxygen atoms in total. The number of anilines is 1. The van der Waals surface area contributed by atoms with Gasteiger partial charge in [0.15, 0.2) is 11.5 Å². The van der Waals surface area contributed by atoms with Crippen LogP contribution in [0.15, 0.2) is 36.4 Å². The zero-order chi connectivity index (χ0) is 14.1. The molecule has 0 bridgehead atoms. The predicted octanol–water partition coefficient (Wildman–Crippen LogP) is 4.90. The summed E-state index contributed by atoms with van der Waals surface area (Å²) < 4.78 is 10.7. The Labute approximate surface area is 127 Å². The molecule has 1 aliphatic rings. The highest BCUT2D eigenvalue weighted by Gasteiger charge is 2.16. The van der Waals surface area contributed by atoms with E-state index in [1.54, 1.807) is 6.07 Å². The van der Waals surface area contributed by atoms with Crippen LogP contribution in [0.3, 0.4) is 0 Å². The molecule has 3 rings (SSSR count). The Balaban J connectivity index is 1.80. The van der Waals surface area contributed by atoms with Crippen molar-refractivity contribution in [3.63, 3.8) is 0 Å². The maximum absolute atomic E-state index is 6.16. The fourth-order valence-corrected chi connectivity index (χ4v) is 2.57. The second-order valence-electron chi connectivity index (χ2n) is 4.60. The molecule has 0 radical (unpaired) electrons. The number of benzene rings is 2. The van der Waals surface area contributed by atoms with E-state index in [0.29, 0.717) is 10.0 Å². The van der Waals surface area contributed by atoms with E-state index >= 15 is 0 Å². The Morgan fingerprint density at radius 2 is 1.85 bits per heavy atom. The van der Waals surface area contributed by atoms with Gasteiger partial charge in [-0.05, 0) is 42.8 Å². The van der Waals surface area contributed by atoms with Crippen molar-refractivity contribution < 1.29 is 9.47 Å². The maximum Gasteiger partial charge on any atom is 0.231 e. The molecule has 1 unspecified atom stereocenters. The van der Waals surface area contributed by atoms with Crippen molar-refractivity contribution in [2.75, 3.05) is 12.1 Å². The summed E-state index contributed by atoms with van der Waals surface area (Å²) in [5, 5.41) is 4.58. The van der Waals surface area contributed by atoms with Crippen molar-refractivity contribution in [2.24, 2.45) is 0 Å². The highest BCUT2D eigenvalue weighted by Crippen LogP contribution is 2.35. The average molecular weight is 310 g/mol. The molecule has 0 amide bonds. The van der Waals surface area contributed by atoms with E-state index in [1.807, 2.05) is 30.3 Å². The lowest BCUT2D eigenvalue weighted by Crippen LogP contribution is -2.06. The average Bonchev–Trinajstić information content (AvgIpc) is 2.89. The monoisotopic (exact) mass is 309 g/mol. The van der Waals surface area contributed by atoms with Crippen LogP contribution in [0.4, 0.5) is 5.69 Å². The molecule has 1 N–H and O–H groups in total. The lowest BCUT2D eigenvalue weighted by atomic mass is 10.1. The van der Waals surface area contributed by atoms with Crippen molar-refractivity contribution in [3.05, 3.63) is 52.0 Å². The molecule has 1 heterocycles. The molecule has 0 fully saturated rings. The molecule has 0 aliphatic carbocycles. The van der Waals surface area contributed by atoms with Gasteiger partial charge < -0.3 is 14.8 Å². The third-order valence-corrected chi connectivity index (χ3v) is 3.75. The van der Waals surface area contributed by atoms with Crippen molar-refractivity contribution in [1.82, 2.24) is 0 Å². The Bertz CT molecular complexity index is 646. The number of nitrogens with one attached hydrogen (secondary N) is 1. The number of fused-ring (bicyclic) bond motifs is 1. The number of rotatable bonds is 3. The van der Waals surface area contributed by atoms with Crippen LogP contribution in [0.2, 0.25) is 10.0 Å². The summed E-state index contributed by atoms with van der Waals surface area (Å²) in [5.41, 5.74) is 1.95. The topological polar surface area (TPSA) is 30.5 Å². The second kappa shape index (κ2) is 5.43. The van der Waals surface area contributed by atoms with E-state index in [1.165, 1.54) is 0 Å². The number of hydrogen-bond acceptors (Lipinski definition) is 3. The summed E-state index contributed by atoms with van der Waals surface area (Å²) in [5.74, 6) is 1.56. The van der Waals surface area contributed by atoms with Gasteiger partial charge in [0.1, 0.15) is 0 Å². The number of halogens is 2. The molecule has 1 aliphatic heterocycles. The molecule has 20 heavy (non-hydrogen) atoms. The minimum atomic E-state index is 0.0863. The summed E-state index contributed by atoms with van der Waals surface area (Å²) in [6.45, 7) is 2.34. The normalized spacial score (nSPS) is 14.2. The first-order valence-electron chi connectivity index (χ1n) is 6.24. The van der Waals surface area contributed by atoms with Gasteiger partial charge in [-0.25, -0.2) is 0 Å². The van der Waals surface area contributed by atoms with Crippen molar-refractivity contribution >= 4 is 28.9 Å². The fourth-order valence-electron chi connectivity index (χ4n) is 2.11. The Kier molecular flexibility index (Phi) is 3.64. The third-order valence-electron chi connectivity index (χ3n) is 3.20. The highest BCUT2D eigenvalue weighted by molar-refractivity contribution is 6.36. The minimum Gasteiger partial charge on any atom is -0.454 e. The summed E-state index contributed by atoms with van der Waals surface area (Å²) in [6, 6.07) is 11.4. The van der Waals surface area contributed by atoms with Gasteiger partial charge in [-0.15, -0.1) is 0 Å². The van der Waals surface area contributed by atoms with Crippen molar-refractivity contribution in [1.29, 1.82) is 0 Å². The van der Waals surface area contributed by atoms with Crippen LogP contribution in [0.1, 0.15) is 18.5 Å². The first kappa shape index (κ1) is 13.4. The largest absolute Gasteiger partial charge is 0.454 e. The van der Waals surface area contributed by atoms with Crippen LogP contribution in [-0.2, 0) is 0 Å². The maximum atomic E-state index is 6.16. The van der Waals surface area contributed by atoms with E-state index in [4.69, 9.17) is 32.7 Å². The van der Waals surface area contributed by atoms with Crippen LogP contribution in [0.5, 0.6) is 11.5 Å². The molecule has 0 spiro atoms. The van der Waals surface area contributed by atoms with E-state index in [2.05, 4.69) is 12.2 Å². The highest BCUT2D eigenvalue weighted by atomic mass is 35.5. The molecule has 2 aromatic carbocycles. The molecule has 2 aromatic rings. The van der Waals surface area contributed by atoms with Gasteiger partial charge in [0.25, 0.3) is 0 Å². The molecule has 0 aromatic heterocycles. The van der Waals surface area contributed by atoms with Crippen molar-refractivity contribution in [2.45, 2.75) is 13.0 Å². The van der Waals surface area contributed by atoms with Crippen LogP contribution in [-0.4, -0.2) is 6.79 Å². The van der Waals surface area contributed by atoms with Crippen LogP contribution >= 0.6 is 23.2 Å². The molecular formula is C15H13Cl2NO2. The number of ether oxygens (including phenoxy) is 2. The van der Waals surface area contributed by atoms with E-state index in [0.717, 1.165) is 22.7 Å². The molecule has 104 valence electrons. The van der Waals surface area contributed by atoms with Gasteiger partial charge in [0, 0.05) is 11.1 Å². The Morgan fingerprint density at radius 3 is 2.65 bits per heavy atom. The predicted molar refractivity (Wildman–Crippen MR) is 81.1 cm³/mol. The molecular weight excluding hydrogens is 297 g/mol. The van der Waals surface area contributed by atoms with Crippen LogP contribution in [0.25, 0.3) is 0 Å². The minimum absolute atomic E-state index is 0.0863. The first-order chi connectivity index (χ1) is 9.63. The van der Waals surface area contributed by atoms with E-state index in [-0.39, 0.29) is 12.8 Å². The summed E-state index contributed by atoms with van der Waals surface area (Å²) >= 11 is 12.1. The molecule has 0 saturated carbocycles. The van der Waals surface area contributed by atoms with Gasteiger partial charge >= 0.3 is 0 Å².